The lowest BCUT2D eigenvalue weighted by Gasteiger charge is -2.15. The first-order chi connectivity index (χ1) is 11.6. The van der Waals surface area contributed by atoms with Crippen LogP contribution in [0.1, 0.15) is 20.7 Å². The van der Waals surface area contributed by atoms with Gasteiger partial charge < -0.3 is 10.5 Å². The topological polar surface area (TPSA) is 103 Å². The number of fused-ring (bicyclic) bond motifs is 1. The summed E-state index contributed by atoms with van der Waals surface area (Å²) in [6.07, 6.45) is -4.87. The first-order valence-corrected chi connectivity index (χ1v) is 7.34. The van der Waals surface area contributed by atoms with E-state index in [1.807, 2.05) is 5.32 Å². The minimum atomic E-state index is -4.87. The van der Waals surface area contributed by atoms with Crippen molar-refractivity contribution < 1.29 is 27.5 Å². The molecule has 3 N–H and O–H groups in total. The van der Waals surface area contributed by atoms with E-state index in [1.165, 1.54) is 0 Å². The molecule has 1 aliphatic heterocycles. The Balaban J connectivity index is 2.15. The molecule has 0 atom stereocenters. The van der Waals surface area contributed by atoms with Crippen molar-refractivity contribution in [1.29, 1.82) is 0 Å². The minimum Gasteiger partial charge on any atom is -0.406 e. The van der Waals surface area contributed by atoms with Crippen LogP contribution in [-0.4, -0.2) is 22.7 Å². The summed E-state index contributed by atoms with van der Waals surface area (Å²) in [7, 11) is 0. The summed E-state index contributed by atoms with van der Waals surface area (Å²) in [4.78, 5) is 35.7. The smallest absolute Gasteiger partial charge is 0.406 e. The number of amides is 2. The van der Waals surface area contributed by atoms with Gasteiger partial charge in [0.25, 0.3) is 17.4 Å². The van der Waals surface area contributed by atoms with Gasteiger partial charge in [0, 0.05) is 10.5 Å². The molecule has 2 amide bonds. The highest BCUT2D eigenvalue weighted by Gasteiger charge is 2.33. The van der Waals surface area contributed by atoms with E-state index < -0.39 is 29.5 Å². The van der Waals surface area contributed by atoms with Crippen LogP contribution in [-0.2, 0) is 0 Å². The molecule has 11 heteroatoms. The second-order valence-electron chi connectivity index (χ2n) is 4.94. The van der Waals surface area contributed by atoms with E-state index in [1.54, 1.807) is 0 Å². The van der Waals surface area contributed by atoms with Crippen molar-refractivity contribution in [2.75, 3.05) is 5.73 Å². The molecular weight excluding hydrogens is 411 g/mol. The molecule has 1 aromatic heterocycles. The number of imide groups is 1. The van der Waals surface area contributed by atoms with Crippen LogP contribution in [0.25, 0.3) is 5.69 Å². The summed E-state index contributed by atoms with van der Waals surface area (Å²) < 4.78 is 41.5. The number of hydrogen-bond acceptors (Lipinski definition) is 5. The maximum Gasteiger partial charge on any atom is 0.573 e. The molecule has 25 heavy (non-hydrogen) atoms. The zero-order valence-electron chi connectivity index (χ0n) is 12.0. The molecular formula is C14H7BrF3N3O4. The van der Waals surface area contributed by atoms with Crippen LogP contribution < -0.4 is 21.3 Å². The summed E-state index contributed by atoms with van der Waals surface area (Å²) in [6.45, 7) is 0. The second kappa shape index (κ2) is 5.62. The minimum absolute atomic E-state index is 0.0627. The van der Waals surface area contributed by atoms with Gasteiger partial charge in [0.1, 0.15) is 11.6 Å². The molecule has 1 aromatic carbocycles. The number of nitrogens with one attached hydrogen (secondary N) is 1. The van der Waals surface area contributed by atoms with Crippen molar-refractivity contribution in [3.05, 3.63) is 50.2 Å². The number of anilines is 1. The Kier molecular flexibility index (Phi) is 3.82. The summed E-state index contributed by atoms with van der Waals surface area (Å²) in [6, 6.07) is 4.06. The summed E-state index contributed by atoms with van der Waals surface area (Å²) in [5.41, 5.74) is 4.86. The molecule has 7 nitrogen and oxygen atoms in total. The fraction of sp³-hybridized carbons (Fsp3) is 0.0714. The monoisotopic (exact) mass is 417 g/mol. The molecule has 2 aromatic rings. The third-order valence-electron chi connectivity index (χ3n) is 3.35. The average Bonchev–Trinajstić information content (AvgIpc) is 2.74. The van der Waals surface area contributed by atoms with E-state index in [2.05, 4.69) is 20.7 Å². The number of pyridine rings is 1. The van der Waals surface area contributed by atoms with Gasteiger partial charge in [-0.15, -0.1) is 13.2 Å². The van der Waals surface area contributed by atoms with Crippen molar-refractivity contribution in [3.8, 4) is 11.4 Å². The normalized spacial score (nSPS) is 13.6. The highest BCUT2D eigenvalue weighted by atomic mass is 79.9. The predicted molar refractivity (Wildman–Crippen MR) is 82.6 cm³/mol. The van der Waals surface area contributed by atoms with Crippen LogP contribution in [0.2, 0.25) is 0 Å². The van der Waals surface area contributed by atoms with E-state index in [0.717, 1.165) is 28.8 Å². The SMILES string of the molecule is Nc1c2c(cc(=O)n1-c1ccc(OC(F)(F)F)cc1Br)C(=O)NC2=O. The quantitative estimate of drug-likeness (QED) is 0.727. The zero-order valence-corrected chi connectivity index (χ0v) is 13.6. The van der Waals surface area contributed by atoms with Crippen LogP contribution in [0.3, 0.4) is 0 Å². The number of aromatic nitrogens is 1. The molecule has 3 rings (SSSR count). The average molecular weight is 418 g/mol. The Morgan fingerprint density at radius 1 is 1.12 bits per heavy atom. The lowest BCUT2D eigenvalue weighted by Crippen LogP contribution is -2.24. The van der Waals surface area contributed by atoms with Gasteiger partial charge in [0.15, 0.2) is 0 Å². The van der Waals surface area contributed by atoms with Gasteiger partial charge in [-0.2, -0.15) is 0 Å². The van der Waals surface area contributed by atoms with Crippen molar-refractivity contribution in [3.63, 3.8) is 0 Å². The summed E-state index contributed by atoms with van der Waals surface area (Å²) in [5.74, 6) is -2.33. The van der Waals surface area contributed by atoms with Crippen LogP contribution >= 0.6 is 15.9 Å². The predicted octanol–water partition coefficient (Wildman–Crippen LogP) is 1.96. The van der Waals surface area contributed by atoms with E-state index in [0.29, 0.717) is 0 Å². The fourth-order valence-electron chi connectivity index (χ4n) is 2.39. The van der Waals surface area contributed by atoms with E-state index in [-0.39, 0.29) is 27.1 Å². The molecule has 2 heterocycles. The molecule has 1 aliphatic rings. The lowest BCUT2D eigenvalue weighted by atomic mass is 10.1. The number of nitrogens with zero attached hydrogens (tertiary/aromatic N) is 1. The fourth-order valence-corrected chi connectivity index (χ4v) is 2.93. The maximum atomic E-state index is 12.3. The number of ether oxygens (including phenoxy) is 1. The van der Waals surface area contributed by atoms with Crippen LogP contribution in [0.5, 0.6) is 5.75 Å². The van der Waals surface area contributed by atoms with E-state index in [9.17, 15) is 27.6 Å². The largest absolute Gasteiger partial charge is 0.573 e. The zero-order chi connectivity index (χ0) is 18.5. The highest BCUT2D eigenvalue weighted by molar-refractivity contribution is 9.10. The molecule has 0 aliphatic carbocycles. The van der Waals surface area contributed by atoms with Crippen LogP contribution in [0.4, 0.5) is 19.0 Å². The molecule has 0 fully saturated rings. The van der Waals surface area contributed by atoms with Gasteiger partial charge in [-0.25, -0.2) is 0 Å². The van der Waals surface area contributed by atoms with Gasteiger partial charge in [-0.05, 0) is 34.1 Å². The number of halogens is 4. The van der Waals surface area contributed by atoms with Crippen molar-refractivity contribution in [2.45, 2.75) is 6.36 Å². The molecule has 0 spiro atoms. The highest BCUT2D eigenvalue weighted by Crippen LogP contribution is 2.31. The molecule has 0 radical (unpaired) electrons. The molecule has 0 saturated carbocycles. The van der Waals surface area contributed by atoms with Crippen LogP contribution in [0, 0.1) is 0 Å². The van der Waals surface area contributed by atoms with Gasteiger partial charge in [0.05, 0.1) is 16.8 Å². The first-order valence-electron chi connectivity index (χ1n) is 6.55. The number of nitrogen functional groups attached to an aromatic ring is 1. The van der Waals surface area contributed by atoms with E-state index >= 15 is 0 Å². The number of benzene rings is 1. The number of carbonyl (C=O) groups excluding carboxylic acids is 2. The molecule has 130 valence electrons. The third kappa shape index (κ3) is 2.97. The number of nitrogens with two attached hydrogens (primary N) is 1. The lowest BCUT2D eigenvalue weighted by molar-refractivity contribution is -0.274. The van der Waals surface area contributed by atoms with Crippen molar-refractivity contribution >= 4 is 33.6 Å². The second-order valence-corrected chi connectivity index (χ2v) is 5.79. The van der Waals surface area contributed by atoms with Crippen molar-refractivity contribution in [1.82, 2.24) is 9.88 Å². The van der Waals surface area contributed by atoms with Gasteiger partial charge in [-0.3, -0.25) is 24.3 Å². The Morgan fingerprint density at radius 2 is 1.80 bits per heavy atom. The standard InChI is InChI=1S/C14H7BrF3N3O4/c15-7-3-5(25-14(16,17)18)1-2-8(7)21-9(22)4-6-10(11(21)19)13(24)20-12(6)23/h1-4H,19H2,(H,20,23,24). The van der Waals surface area contributed by atoms with E-state index in [4.69, 9.17) is 5.73 Å². The van der Waals surface area contributed by atoms with Crippen LogP contribution in [0.15, 0.2) is 33.5 Å². The Bertz CT molecular complexity index is 985. The van der Waals surface area contributed by atoms with Gasteiger partial charge in [-0.1, -0.05) is 0 Å². The number of rotatable bonds is 2. The Labute approximate surface area is 145 Å². The third-order valence-corrected chi connectivity index (χ3v) is 3.98. The van der Waals surface area contributed by atoms with Gasteiger partial charge >= 0.3 is 6.36 Å². The molecule has 0 unspecified atom stereocenters. The summed E-state index contributed by atoms with van der Waals surface area (Å²) in [5, 5.41) is 2.01. The molecule has 0 bridgehead atoms. The Morgan fingerprint density at radius 3 is 2.40 bits per heavy atom. The first kappa shape index (κ1) is 17.0. The van der Waals surface area contributed by atoms with Gasteiger partial charge in [0.2, 0.25) is 0 Å². The van der Waals surface area contributed by atoms with Crippen molar-refractivity contribution in [2.24, 2.45) is 0 Å². The Hall–Kier alpha value is -2.82. The number of carbonyl (C=O) groups is 2. The number of alkyl halides is 3. The maximum absolute atomic E-state index is 12.3. The number of hydrogen-bond donors (Lipinski definition) is 2. The molecule has 0 saturated heterocycles. The summed E-state index contributed by atoms with van der Waals surface area (Å²) >= 11 is 3.04.